The van der Waals surface area contributed by atoms with Crippen LogP contribution in [0.5, 0.6) is 0 Å². The summed E-state index contributed by atoms with van der Waals surface area (Å²) in [6.45, 7) is 6.09. The van der Waals surface area contributed by atoms with Crippen molar-refractivity contribution in [2.24, 2.45) is 0 Å². The number of benzene rings is 1. The Morgan fingerprint density at radius 3 is 2.62 bits per heavy atom. The van der Waals surface area contributed by atoms with E-state index in [9.17, 15) is 14.4 Å². The first-order valence-electron chi connectivity index (χ1n) is 11.5. The van der Waals surface area contributed by atoms with Crippen molar-refractivity contribution in [2.75, 3.05) is 13.1 Å². The monoisotopic (exact) mass is 437 g/mol. The molecule has 1 atom stereocenters. The fourth-order valence-electron chi connectivity index (χ4n) is 4.47. The minimum absolute atomic E-state index is 0.0123. The van der Waals surface area contributed by atoms with Crippen LogP contribution in [0.4, 0.5) is 0 Å². The van der Waals surface area contributed by atoms with Gasteiger partial charge in [-0.05, 0) is 45.1 Å². The summed E-state index contributed by atoms with van der Waals surface area (Å²) in [7, 11) is 0. The van der Waals surface area contributed by atoms with Crippen LogP contribution in [-0.4, -0.2) is 62.5 Å². The average Bonchev–Trinajstić information content (AvgIpc) is 3.16. The summed E-state index contributed by atoms with van der Waals surface area (Å²) >= 11 is 0. The second kappa shape index (κ2) is 9.54. The minimum atomic E-state index is -0.495. The second-order valence-electron chi connectivity index (χ2n) is 8.88. The molecule has 32 heavy (non-hydrogen) atoms. The highest BCUT2D eigenvalue weighted by Gasteiger charge is 2.35. The van der Waals surface area contributed by atoms with Crippen molar-refractivity contribution in [2.45, 2.75) is 64.7 Å². The largest absolute Gasteiger partial charge is 0.352 e. The number of fused-ring (bicyclic) bond motifs is 1. The van der Waals surface area contributed by atoms with Crippen LogP contribution in [-0.2, 0) is 17.9 Å². The number of aromatic nitrogens is 2. The van der Waals surface area contributed by atoms with Gasteiger partial charge in [0.25, 0.3) is 11.8 Å². The Morgan fingerprint density at radius 1 is 1.09 bits per heavy atom. The van der Waals surface area contributed by atoms with Gasteiger partial charge in [0.15, 0.2) is 5.69 Å². The van der Waals surface area contributed by atoms with Crippen LogP contribution in [0.25, 0.3) is 0 Å². The molecule has 0 spiro atoms. The molecule has 1 aromatic heterocycles. The predicted octanol–water partition coefficient (Wildman–Crippen LogP) is 2.45. The SMILES string of the molecule is CC(C)NC(=O)C1CCCCN1C(=O)c1cc2n(n1)CCCN(Cc1ccccc1)C2=O. The zero-order chi connectivity index (χ0) is 22.7. The van der Waals surface area contributed by atoms with Crippen molar-refractivity contribution in [1.82, 2.24) is 24.9 Å². The summed E-state index contributed by atoms with van der Waals surface area (Å²) in [6, 6.07) is 11.0. The van der Waals surface area contributed by atoms with E-state index in [4.69, 9.17) is 0 Å². The molecule has 0 aliphatic carbocycles. The Morgan fingerprint density at radius 2 is 1.88 bits per heavy atom. The van der Waals surface area contributed by atoms with E-state index in [2.05, 4.69) is 10.4 Å². The fraction of sp³-hybridized carbons (Fsp3) is 0.500. The maximum atomic E-state index is 13.3. The molecule has 1 N–H and O–H groups in total. The Balaban J connectivity index is 1.54. The zero-order valence-corrected chi connectivity index (χ0v) is 18.8. The van der Waals surface area contributed by atoms with E-state index < -0.39 is 6.04 Å². The lowest BCUT2D eigenvalue weighted by molar-refractivity contribution is -0.127. The van der Waals surface area contributed by atoms with E-state index in [1.165, 1.54) is 0 Å². The van der Waals surface area contributed by atoms with Crippen LogP contribution >= 0.6 is 0 Å². The van der Waals surface area contributed by atoms with E-state index in [-0.39, 0.29) is 29.5 Å². The normalized spacial score (nSPS) is 19.0. The van der Waals surface area contributed by atoms with Gasteiger partial charge in [-0.1, -0.05) is 30.3 Å². The number of hydrogen-bond acceptors (Lipinski definition) is 4. The first kappa shape index (κ1) is 22.0. The van der Waals surface area contributed by atoms with Gasteiger partial charge in [0.1, 0.15) is 11.7 Å². The van der Waals surface area contributed by atoms with Crippen LogP contribution < -0.4 is 5.32 Å². The van der Waals surface area contributed by atoms with Gasteiger partial charge < -0.3 is 15.1 Å². The molecule has 2 aromatic rings. The Kier molecular flexibility index (Phi) is 6.58. The van der Waals surface area contributed by atoms with Gasteiger partial charge in [-0.25, -0.2) is 0 Å². The first-order chi connectivity index (χ1) is 15.4. The molecule has 3 amide bonds. The number of piperidine rings is 1. The van der Waals surface area contributed by atoms with Crippen molar-refractivity contribution in [3.8, 4) is 0 Å². The van der Waals surface area contributed by atoms with Crippen molar-refractivity contribution in [1.29, 1.82) is 0 Å². The summed E-state index contributed by atoms with van der Waals surface area (Å²) < 4.78 is 1.65. The highest BCUT2D eigenvalue weighted by Crippen LogP contribution is 2.22. The van der Waals surface area contributed by atoms with Gasteiger partial charge >= 0.3 is 0 Å². The Hall–Kier alpha value is -3.16. The minimum Gasteiger partial charge on any atom is -0.352 e. The molecular formula is C24H31N5O3. The molecule has 4 rings (SSSR count). The van der Waals surface area contributed by atoms with Crippen LogP contribution in [0, 0.1) is 0 Å². The summed E-state index contributed by atoms with van der Waals surface area (Å²) in [5.41, 5.74) is 1.73. The van der Waals surface area contributed by atoms with Gasteiger partial charge in [0, 0.05) is 38.3 Å². The molecule has 1 aromatic carbocycles. The average molecular weight is 438 g/mol. The topological polar surface area (TPSA) is 87.5 Å². The molecular weight excluding hydrogens is 406 g/mol. The van der Waals surface area contributed by atoms with Crippen molar-refractivity contribution < 1.29 is 14.4 Å². The molecule has 2 aliphatic rings. The van der Waals surface area contributed by atoms with Crippen molar-refractivity contribution in [3.63, 3.8) is 0 Å². The molecule has 3 heterocycles. The number of hydrogen-bond donors (Lipinski definition) is 1. The number of rotatable bonds is 5. The molecule has 1 unspecified atom stereocenters. The molecule has 8 nitrogen and oxygen atoms in total. The van der Waals surface area contributed by atoms with Crippen LogP contribution in [0.3, 0.4) is 0 Å². The highest BCUT2D eigenvalue weighted by molar-refractivity contribution is 5.99. The summed E-state index contributed by atoms with van der Waals surface area (Å²) in [4.78, 5) is 42.7. The molecule has 2 aliphatic heterocycles. The van der Waals surface area contributed by atoms with Gasteiger partial charge in [0.2, 0.25) is 5.91 Å². The van der Waals surface area contributed by atoms with E-state index in [1.807, 2.05) is 49.1 Å². The lowest BCUT2D eigenvalue weighted by Crippen LogP contribution is -2.53. The predicted molar refractivity (Wildman–Crippen MR) is 120 cm³/mol. The number of nitrogens with one attached hydrogen (secondary N) is 1. The van der Waals surface area contributed by atoms with Gasteiger partial charge in [-0.2, -0.15) is 5.10 Å². The van der Waals surface area contributed by atoms with Gasteiger partial charge in [-0.3, -0.25) is 19.1 Å². The molecule has 0 saturated carbocycles. The number of aryl methyl sites for hydroxylation is 1. The molecule has 8 heteroatoms. The van der Waals surface area contributed by atoms with Crippen LogP contribution in [0.2, 0.25) is 0 Å². The third-order valence-electron chi connectivity index (χ3n) is 6.02. The third kappa shape index (κ3) is 4.69. The summed E-state index contributed by atoms with van der Waals surface area (Å²) in [5.74, 6) is -0.527. The lowest BCUT2D eigenvalue weighted by atomic mass is 10.0. The first-order valence-corrected chi connectivity index (χ1v) is 11.5. The number of nitrogens with zero attached hydrogens (tertiary/aromatic N) is 4. The molecule has 1 fully saturated rings. The van der Waals surface area contributed by atoms with Crippen LogP contribution in [0.1, 0.15) is 66.1 Å². The number of likely N-dealkylation sites (tertiary alicyclic amines) is 1. The molecule has 0 radical (unpaired) electrons. The van der Waals surface area contributed by atoms with Gasteiger partial charge in [-0.15, -0.1) is 0 Å². The van der Waals surface area contributed by atoms with E-state index in [1.54, 1.807) is 15.6 Å². The van der Waals surface area contributed by atoms with E-state index in [0.717, 1.165) is 24.8 Å². The fourth-order valence-corrected chi connectivity index (χ4v) is 4.47. The van der Waals surface area contributed by atoms with E-state index in [0.29, 0.717) is 38.3 Å². The quantitative estimate of drug-likeness (QED) is 0.778. The van der Waals surface area contributed by atoms with Gasteiger partial charge in [0.05, 0.1) is 0 Å². The summed E-state index contributed by atoms with van der Waals surface area (Å²) in [6.07, 6.45) is 3.17. The Labute approximate surface area is 188 Å². The maximum Gasteiger partial charge on any atom is 0.275 e. The molecule has 0 bridgehead atoms. The van der Waals surface area contributed by atoms with E-state index >= 15 is 0 Å². The zero-order valence-electron chi connectivity index (χ0n) is 18.8. The van der Waals surface area contributed by atoms with Crippen molar-refractivity contribution in [3.05, 3.63) is 53.3 Å². The lowest BCUT2D eigenvalue weighted by Gasteiger charge is -2.34. The maximum absolute atomic E-state index is 13.3. The second-order valence-corrected chi connectivity index (χ2v) is 8.88. The molecule has 1 saturated heterocycles. The Bertz CT molecular complexity index is 985. The molecule has 170 valence electrons. The van der Waals surface area contributed by atoms with Crippen LogP contribution in [0.15, 0.2) is 36.4 Å². The third-order valence-corrected chi connectivity index (χ3v) is 6.02. The summed E-state index contributed by atoms with van der Waals surface area (Å²) in [5, 5.41) is 7.40. The highest BCUT2D eigenvalue weighted by atomic mass is 16.2. The number of carbonyl (C=O) groups excluding carboxylic acids is 3. The standard InChI is InChI=1S/C24H31N5O3/c1-17(2)25-22(30)20-11-6-7-13-28(20)23(31)19-15-21-24(32)27(12-8-14-29(21)26-19)16-18-9-4-3-5-10-18/h3-5,9-10,15,17,20H,6-8,11-14,16H2,1-2H3,(H,25,30). The number of amides is 3. The van der Waals surface area contributed by atoms with Crippen molar-refractivity contribution >= 4 is 17.7 Å². The smallest absolute Gasteiger partial charge is 0.275 e. The number of carbonyl (C=O) groups is 3.